The van der Waals surface area contributed by atoms with Crippen molar-refractivity contribution >= 4 is 5.91 Å². The lowest BCUT2D eigenvalue weighted by molar-refractivity contribution is -0.122. The van der Waals surface area contributed by atoms with E-state index in [4.69, 9.17) is 10.00 Å². The molecule has 0 aliphatic heterocycles. The molecule has 1 amide bonds. The lowest BCUT2D eigenvalue weighted by Crippen LogP contribution is -2.40. The molecule has 0 radical (unpaired) electrons. The van der Waals surface area contributed by atoms with Crippen LogP contribution in [0.15, 0.2) is 0 Å². The van der Waals surface area contributed by atoms with Gasteiger partial charge >= 0.3 is 0 Å². The number of nitrogens with one attached hydrogen (secondary N) is 1. The summed E-state index contributed by atoms with van der Waals surface area (Å²) >= 11 is 0. The zero-order valence-corrected chi connectivity index (χ0v) is 9.62. The van der Waals surface area contributed by atoms with Gasteiger partial charge in [-0.3, -0.25) is 9.69 Å². The number of hydrogen-bond acceptors (Lipinski definition) is 4. The Morgan fingerprint density at radius 2 is 2.33 bits per heavy atom. The van der Waals surface area contributed by atoms with Gasteiger partial charge < -0.3 is 10.1 Å². The van der Waals surface area contributed by atoms with Crippen LogP contribution in [-0.4, -0.2) is 50.7 Å². The number of likely N-dealkylation sites (N-methyl/N-ethyl adjacent to an activating group) is 1. The van der Waals surface area contributed by atoms with Crippen LogP contribution < -0.4 is 5.32 Å². The molecule has 5 nitrogen and oxygen atoms in total. The van der Waals surface area contributed by atoms with Crippen molar-refractivity contribution in [1.29, 1.82) is 5.26 Å². The Hall–Kier alpha value is -1.12. The van der Waals surface area contributed by atoms with Crippen molar-refractivity contribution in [3.63, 3.8) is 0 Å². The van der Waals surface area contributed by atoms with Gasteiger partial charge in [0.05, 0.1) is 25.3 Å². The van der Waals surface area contributed by atoms with E-state index in [1.54, 1.807) is 19.1 Å². The van der Waals surface area contributed by atoms with Crippen molar-refractivity contribution in [2.45, 2.75) is 19.4 Å². The molecule has 0 aliphatic rings. The summed E-state index contributed by atoms with van der Waals surface area (Å²) in [6.07, 6.45) is 0.721. The average Bonchev–Trinajstić information content (AvgIpc) is 2.20. The molecule has 0 aromatic rings. The number of ether oxygens (including phenoxy) is 1. The number of methoxy groups -OCH3 is 1. The molecule has 0 aromatic carbocycles. The van der Waals surface area contributed by atoms with Crippen LogP contribution in [0.1, 0.15) is 13.3 Å². The summed E-state index contributed by atoms with van der Waals surface area (Å²) in [7, 11) is 3.36. The Balaban J connectivity index is 3.80. The van der Waals surface area contributed by atoms with Crippen LogP contribution in [0.4, 0.5) is 0 Å². The highest BCUT2D eigenvalue weighted by molar-refractivity contribution is 5.78. The molecule has 0 fully saturated rings. The molecule has 1 unspecified atom stereocenters. The van der Waals surface area contributed by atoms with Crippen LogP contribution in [0.5, 0.6) is 0 Å². The fourth-order valence-corrected chi connectivity index (χ4v) is 1.19. The molecule has 0 aromatic heterocycles. The molecule has 15 heavy (non-hydrogen) atoms. The van der Waals surface area contributed by atoms with Gasteiger partial charge in [0.1, 0.15) is 0 Å². The van der Waals surface area contributed by atoms with Gasteiger partial charge in [0, 0.05) is 13.7 Å². The number of amides is 1. The number of carbonyl (C=O) groups is 1. The molecule has 0 heterocycles. The van der Waals surface area contributed by atoms with Crippen LogP contribution in [0.2, 0.25) is 0 Å². The minimum Gasteiger partial charge on any atom is -0.383 e. The first kappa shape index (κ1) is 13.9. The molecule has 0 bridgehead atoms. The van der Waals surface area contributed by atoms with Crippen molar-refractivity contribution in [2.24, 2.45) is 0 Å². The third kappa shape index (κ3) is 6.05. The highest BCUT2D eigenvalue weighted by Gasteiger charge is 2.14. The zero-order chi connectivity index (χ0) is 11.7. The predicted octanol–water partition coefficient (Wildman–Crippen LogP) is -0.0170. The Kier molecular flexibility index (Phi) is 7.60. The van der Waals surface area contributed by atoms with Crippen LogP contribution in [0.25, 0.3) is 0 Å². The summed E-state index contributed by atoms with van der Waals surface area (Å²) in [5, 5.41) is 11.5. The van der Waals surface area contributed by atoms with Gasteiger partial charge in [-0.1, -0.05) is 6.92 Å². The van der Waals surface area contributed by atoms with E-state index in [1.165, 1.54) is 0 Å². The van der Waals surface area contributed by atoms with Crippen molar-refractivity contribution in [3.05, 3.63) is 0 Å². The lowest BCUT2D eigenvalue weighted by Gasteiger charge is -2.20. The monoisotopic (exact) mass is 213 g/mol. The van der Waals surface area contributed by atoms with Gasteiger partial charge in [-0.25, -0.2) is 0 Å². The minimum atomic E-state index is -0.196. The molecule has 0 saturated heterocycles. The molecule has 0 rings (SSSR count). The Morgan fingerprint density at radius 3 is 2.80 bits per heavy atom. The summed E-state index contributed by atoms with van der Waals surface area (Å²) < 4.78 is 4.81. The quantitative estimate of drug-likeness (QED) is 0.604. The summed E-state index contributed by atoms with van der Waals surface area (Å²) in [6.45, 7) is 3.18. The Morgan fingerprint density at radius 1 is 1.67 bits per heavy atom. The van der Waals surface area contributed by atoms with Gasteiger partial charge in [0.2, 0.25) is 5.91 Å². The van der Waals surface area contributed by atoms with Crippen molar-refractivity contribution < 1.29 is 9.53 Å². The van der Waals surface area contributed by atoms with Crippen LogP contribution in [-0.2, 0) is 9.53 Å². The normalized spacial score (nSPS) is 12.2. The second-order valence-electron chi connectivity index (χ2n) is 3.31. The van der Waals surface area contributed by atoms with Crippen LogP contribution in [0, 0.1) is 11.3 Å². The number of nitrogens with zero attached hydrogens (tertiary/aromatic N) is 2. The minimum absolute atomic E-state index is 0.0803. The highest BCUT2D eigenvalue weighted by Crippen LogP contribution is 1.98. The van der Waals surface area contributed by atoms with E-state index in [0.717, 1.165) is 6.42 Å². The van der Waals surface area contributed by atoms with E-state index in [-0.39, 0.29) is 18.5 Å². The van der Waals surface area contributed by atoms with Crippen molar-refractivity contribution in [2.75, 3.05) is 33.9 Å². The molecule has 1 N–H and O–H groups in total. The molecular formula is C10H19N3O2. The molecule has 0 spiro atoms. The first-order chi connectivity index (χ1) is 7.15. The number of rotatable bonds is 7. The summed E-state index contributed by atoms with van der Waals surface area (Å²) in [4.78, 5) is 13.1. The third-order valence-electron chi connectivity index (χ3n) is 2.09. The summed E-state index contributed by atoms with van der Waals surface area (Å²) in [6, 6.07) is 1.95. The topological polar surface area (TPSA) is 65.4 Å². The van der Waals surface area contributed by atoms with E-state index in [2.05, 4.69) is 11.4 Å². The Labute approximate surface area is 91.0 Å². The maximum absolute atomic E-state index is 11.3. The number of nitriles is 1. The molecule has 5 heteroatoms. The fourth-order valence-electron chi connectivity index (χ4n) is 1.19. The second kappa shape index (κ2) is 8.21. The van der Waals surface area contributed by atoms with Crippen molar-refractivity contribution in [1.82, 2.24) is 10.2 Å². The molecule has 0 saturated carbocycles. The molecule has 86 valence electrons. The predicted molar refractivity (Wildman–Crippen MR) is 57.2 cm³/mol. The fraction of sp³-hybridized carbons (Fsp3) is 0.800. The van der Waals surface area contributed by atoms with Gasteiger partial charge in [0.15, 0.2) is 0 Å². The standard InChI is InChI=1S/C10H19N3O2/c1-4-9(7-11)13(2)8-10(14)12-5-6-15-3/h9H,4-6,8H2,1-3H3,(H,12,14). The van der Waals surface area contributed by atoms with E-state index in [0.29, 0.717) is 13.2 Å². The average molecular weight is 213 g/mol. The van der Waals surface area contributed by atoms with Gasteiger partial charge in [0.25, 0.3) is 0 Å². The van der Waals surface area contributed by atoms with Gasteiger partial charge in [-0.15, -0.1) is 0 Å². The molecule has 0 aliphatic carbocycles. The first-order valence-electron chi connectivity index (χ1n) is 5.01. The molecular weight excluding hydrogens is 194 g/mol. The van der Waals surface area contributed by atoms with E-state index >= 15 is 0 Å². The van der Waals surface area contributed by atoms with Crippen molar-refractivity contribution in [3.8, 4) is 6.07 Å². The number of carbonyl (C=O) groups excluding carboxylic acids is 1. The largest absolute Gasteiger partial charge is 0.383 e. The third-order valence-corrected chi connectivity index (χ3v) is 2.09. The summed E-state index contributed by atoms with van der Waals surface area (Å²) in [5.74, 6) is -0.0803. The Bertz CT molecular complexity index is 225. The van der Waals surface area contributed by atoms with Gasteiger partial charge in [-0.2, -0.15) is 5.26 Å². The maximum atomic E-state index is 11.3. The van der Waals surface area contributed by atoms with Crippen LogP contribution in [0.3, 0.4) is 0 Å². The first-order valence-corrected chi connectivity index (χ1v) is 5.01. The maximum Gasteiger partial charge on any atom is 0.234 e. The van der Waals surface area contributed by atoms with E-state index in [1.807, 2.05) is 6.92 Å². The van der Waals surface area contributed by atoms with E-state index in [9.17, 15) is 4.79 Å². The lowest BCUT2D eigenvalue weighted by atomic mass is 10.2. The summed E-state index contributed by atoms with van der Waals surface area (Å²) in [5.41, 5.74) is 0. The van der Waals surface area contributed by atoms with Gasteiger partial charge in [-0.05, 0) is 13.5 Å². The SMILES string of the molecule is CCC(C#N)N(C)CC(=O)NCCOC. The highest BCUT2D eigenvalue weighted by atomic mass is 16.5. The molecule has 1 atom stereocenters. The number of hydrogen-bond donors (Lipinski definition) is 1. The van der Waals surface area contributed by atoms with Crippen LogP contribution >= 0.6 is 0 Å². The zero-order valence-electron chi connectivity index (χ0n) is 9.62. The smallest absolute Gasteiger partial charge is 0.234 e. The van der Waals surface area contributed by atoms with E-state index < -0.39 is 0 Å². The second-order valence-corrected chi connectivity index (χ2v) is 3.31.